The van der Waals surface area contributed by atoms with Gasteiger partial charge < -0.3 is 15.4 Å². The molecule has 1 aromatic carbocycles. The van der Waals surface area contributed by atoms with Crippen LogP contribution in [0.1, 0.15) is 12.6 Å². The van der Waals surface area contributed by atoms with Crippen LogP contribution in [0.3, 0.4) is 0 Å². The number of aryl methyl sites for hydroxylation is 1. The third-order valence-corrected chi connectivity index (χ3v) is 5.04. The molecule has 10 heteroatoms. The van der Waals surface area contributed by atoms with Crippen LogP contribution in [0.15, 0.2) is 58.7 Å². The van der Waals surface area contributed by atoms with E-state index in [9.17, 15) is 4.79 Å². The van der Waals surface area contributed by atoms with Crippen molar-refractivity contribution < 1.29 is 9.53 Å². The van der Waals surface area contributed by atoms with E-state index in [1.807, 2.05) is 60.8 Å². The molecular weight excluding hydrogens is 402 g/mol. The first-order valence-electron chi connectivity index (χ1n) is 9.39. The Bertz CT molecular complexity index is 1150. The van der Waals surface area contributed by atoms with E-state index in [0.29, 0.717) is 18.4 Å². The molecule has 0 aliphatic rings. The van der Waals surface area contributed by atoms with Crippen LogP contribution in [0.25, 0.3) is 5.65 Å². The third-order valence-electron chi connectivity index (χ3n) is 4.11. The SMILES string of the molecule is CCOCC(=O)Nc1ccc(Sc2cc3nccn3c(Nc3cc(C)[nH]n3)n2)cc1. The maximum atomic E-state index is 11.8. The molecule has 4 aromatic rings. The van der Waals surface area contributed by atoms with Gasteiger partial charge in [0.15, 0.2) is 5.82 Å². The highest BCUT2D eigenvalue weighted by Crippen LogP contribution is 2.29. The van der Waals surface area contributed by atoms with E-state index in [4.69, 9.17) is 9.72 Å². The summed E-state index contributed by atoms with van der Waals surface area (Å²) in [7, 11) is 0. The van der Waals surface area contributed by atoms with E-state index in [2.05, 4.69) is 25.8 Å². The number of nitrogens with one attached hydrogen (secondary N) is 3. The summed E-state index contributed by atoms with van der Waals surface area (Å²) in [5.74, 6) is 1.14. The lowest BCUT2D eigenvalue weighted by Crippen LogP contribution is -2.18. The molecule has 0 radical (unpaired) electrons. The highest BCUT2D eigenvalue weighted by atomic mass is 32.2. The lowest BCUT2D eigenvalue weighted by Gasteiger charge is -2.09. The van der Waals surface area contributed by atoms with Gasteiger partial charge in [0, 0.05) is 47.4 Å². The maximum absolute atomic E-state index is 11.8. The lowest BCUT2D eigenvalue weighted by molar-refractivity contribution is -0.120. The van der Waals surface area contributed by atoms with Crippen molar-refractivity contribution in [2.75, 3.05) is 23.8 Å². The predicted octanol–water partition coefficient (Wildman–Crippen LogP) is 3.63. The zero-order chi connectivity index (χ0) is 20.9. The van der Waals surface area contributed by atoms with Crippen LogP contribution in [-0.2, 0) is 9.53 Å². The normalized spacial score (nSPS) is 11.0. The number of H-pyrrole nitrogens is 1. The maximum Gasteiger partial charge on any atom is 0.250 e. The van der Waals surface area contributed by atoms with E-state index in [0.717, 1.165) is 26.9 Å². The van der Waals surface area contributed by atoms with Crippen LogP contribution in [0.2, 0.25) is 0 Å². The molecule has 0 spiro atoms. The molecule has 1 amide bonds. The van der Waals surface area contributed by atoms with E-state index < -0.39 is 0 Å². The average molecular weight is 424 g/mol. The van der Waals surface area contributed by atoms with Crippen LogP contribution in [-0.4, -0.2) is 43.7 Å². The number of aromatic amines is 1. The van der Waals surface area contributed by atoms with Gasteiger partial charge in [-0.2, -0.15) is 5.10 Å². The number of benzene rings is 1. The van der Waals surface area contributed by atoms with Crippen molar-refractivity contribution in [3.8, 4) is 0 Å². The molecule has 0 bridgehead atoms. The molecule has 3 heterocycles. The number of rotatable bonds is 8. The van der Waals surface area contributed by atoms with Crippen molar-refractivity contribution in [1.82, 2.24) is 24.6 Å². The first kappa shape index (κ1) is 19.9. The summed E-state index contributed by atoms with van der Waals surface area (Å²) in [6.07, 6.45) is 3.57. The minimum atomic E-state index is -0.173. The van der Waals surface area contributed by atoms with Crippen LogP contribution in [0.4, 0.5) is 17.5 Å². The number of nitrogens with zero attached hydrogens (tertiary/aromatic N) is 4. The number of carbonyl (C=O) groups is 1. The van der Waals surface area contributed by atoms with Crippen LogP contribution in [0.5, 0.6) is 0 Å². The number of carbonyl (C=O) groups excluding carboxylic acids is 1. The van der Waals surface area contributed by atoms with Crippen molar-refractivity contribution in [3.63, 3.8) is 0 Å². The van der Waals surface area contributed by atoms with Gasteiger partial charge in [-0.1, -0.05) is 11.8 Å². The second kappa shape index (κ2) is 8.97. The Hall–Kier alpha value is -3.37. The zero-order valence-corrected chi connectivity index (χ0v) is 17.4. The number of fused-ring (bicyclic) bond motifs is 1. The molecule has 4 rings (SSSR count). The van der Waals surface area contributed by atoms with Gasteiger partial charge in [0.25, 0.3) is 0 Å². The Morgan fingerprint density at radius 1 is 1.27 bits per heavy atom. The van der Waals surface area contributed by atoms with Crippen molar-refractivity contribution in [2.24, 2.45) is 0 Å². The Labute approximate surface area is 177 Å². The Kier molecular flexibility index (Phi) is 5.96. The fourth-order valence-electron chi connectivity index (χ4n) is 2.76. The predicted molar refractivity (Wildman–Crippen MR) is 115 cm³/mol. The fraction of sp³-hybridized carbons (Fsp3) is 0.200. The molecule has 9 nitrogen and oxygen atoms in total. The molecule has 154 valence electrons. The molecule has 0 saturated heterocycles. The molecule has 0 saturated carbocycles. The molecule has 3 aromatic heterocycles. The van der Waals surface area contributed by atoms with Crippen molar-refractivity contribution >= 4 is 40.8 Å². The Morgan fingerprint density at radius 2 is 2.10 bits per heavy atom. The quantitative estimate of drug-likeness (QED) is 0.371. The summed E-state index contributed by atoms with van der Waals surface area (Å²) < 4.78 is 6.98. The fourth-order valence-corrected chi connectivity index (χ4v) is 3.57. The third kappa shape index (κ3) is 4.78. The molecule has 3 N–H and O–H groups in total. The monoisotopic (exact) mass is 423 g/mol. The van der Waals surface area contributed by atoms with E-state index >= 15 is 0 Å². The number of anilines is 3. The smallest absolute Gasteiger partial charge is 0.250 e. The number of hydrogen-bond donors (Lipinski definition) is 3. The number of hydrogen-bond acceptors (Lipinski definition) is 7. The van der Waals surface area contributed by atoms with Crippen molar-refractivity contribution in [2.45, 2.75) is 23.8 Å². The largest absolute Gasteiger partial charge is 0.372 e. The van der Waals surface area contributed by atoms with E-state index in [1.54, 1.807) is 6.20 Å². The van der Waals surface area contributed by atoms with Gasteiger partial charge in [0.05, 0.1) is 0 Å². The van der Waals surface area contributed by atoms with Gasteiger partial charge in [0.2, 0.25) is 11.9 Å². The number of ether oxygens (including phenoxy) is 1. The van der Waals surface area contributed by atoms with Crippen molar-refractivity contribution in [3.05, 3.63) is 54.5 Å². The molecule has 0 aliphatic heterocycles. The van der Waals surface area contributed by atoms with Crippen LogP contribution in [0, 0.1) is 6.92 Å². The van der Waals surface area contributed by atoms with Gasteiger partial charge in [-0.3, -0.25) is 14.3 Å². The summed E-state index contributed by atoms with van der Waals surface area (Å²) in [4.78, 5) is 21.8. The summed E-state index contributed by atoms with van der Waals surface area (Å²) >= 11 is 1.51. The van der Waals surface area contributed by atoms with Crippen LogP contribution < -0.4 is 10.6 Å². The van der Waals surface area contributed by atoms with Gasteiger partial charge >= 0.3 is 0 Å². The molecule has 0 unspecified atom stereocenters. The van der Waals surface area contributed by atoms with Gasteiger partial charge in [-0.15, -0.1) is 0 Å². The molecule has 30 heavy (non-hydrogen) atoms. The first-order valence-corrected chi connectivity index (χ1v) is 10.2. The molecule has 0 aliphatic carbocycles. The Morgan fingerprint density at radius 3 is 2.83 bits per heavy atom. The summed E-state index contributed by atoms with van der Waals surface area (Å²) in [5.41, 5.74) is 2.46. The number of amides is 1. The average Bonchev–Trinajstić information content (AvgIpc) is 3.37. The Balaban J connectivity index is 1.50. The zero-order valence-electron chi connectivity index (χ0n) is 16.5. The molecule has 0 atom stereocenters. The highest BCUT2D eigenvalue weighted by Gasteiger charge is 2.10. The van der Waals surface area contributed by atoms with Gasteiger partial charge in [-0.05, 0) is 38.1 Å². The van der Waals surface area contributed by atoms with Gasteiger partial charge in [0.1, 0.15) is 17.3 Å². The minimum Gasteiger partial charge on any atom is -0.372 e. The topological polar surface area (TPSA) is 109 Å². The first-order chi connectivity index (χ1) is 14.6. The highest BCUT2D eigenvalue weighted by molar-refractivity contribution is 7.99. The second-order valence-electron chi connectivity index (χ2n) is 6.45. The van der Waals surface area contributed by atoms with Crippen LogP contribution >= 0.6 is 11.8 Å². The van der Waals surface area contributed by atoms with Crippen molar-refractivity contribution in [1.29, 1.82) is 0 Å². The second-order valence-corrected chi connectivity index (χ2v) is 7.54. The summed E-state index contributed by atoms with van der Waals surface area (Å²) in [6, 6.07) is 11.4. The summed E-state index contributed by atoms with van der Waals surface area (Å²) in [6.45, 7) is 4.35. The lowest BCUT2D eigenvalue weighted by atomic mass is 10.3. The number of aromatic nitrogens is 5. The molecule has 0 fully saturated rings. The number of imidazole rings is 1. The standard InChI is InChI=1S/C20H21N7O2S/c1-3-29-12-18(28)22-14-4-6-15(7-5-14)30-19-11-17-21-8-9-27(17)20(24-19)23-16-10-13(2)25-26-16/h4-11H,3,12H2,1-2H3,(H,22,28)(H2,23,24,25,26). The van der Waals surface area contributed by atoms with E-state index in [1.165, 1.54) is 11.8 Å². The van der Waals surface area contributed by atoms with Gasteiger partial charge in [-0.25, -0.2) is 9.97 Å². The van der Waals surface area contributed by atoms with E-state index in [-0.39, 0.29) is 12.5 Å². The summed E-state index contributed by atoms with van der Waals surface area (Å²) in [5, 5.41) is 13.9. The minimum absolute atomic E-state index is 0.0482. The molecular formula is C20H21N7O2S.